The number of hydrogen-bond donors (Lipinski definition) is 1. The summed E-state index contributed by atoms with van der Waals surface area (Å²) < 4.78 is 0.957. The van der Waals surface area contributed by atoms with E-state index >= 15 is 0 Å². The first kappa shape index (κ1) is 11.4. The summed E-state index contributed by atoms with van der Waals surface area (Å²) in [4.78, 5) is 4.40. The van der Waals surface area contributed by atoms with Crippen molar-refractivity contribution in [3.63, 3.8) is 0 Å². The van der Waals surface area contributed by atoms with Crippen LogP contribution < -0.4 is 5.32 Å². The summed E-state index contributed by atoms with van der Waals surface area (Å²) in [5.74, 6) is 1.60. The Bertz CT molecular complexity index is 467. The van der Waals surface area contributed by atoms with Crippen molar-refractivity contribution >= 4 is 21.5 Å². The number of pyridine rings is 1. The van der Waals surface area contributed by atoms with Crippen LogP contribution in [0.1, 0.15) is 24.0 Å². The van der Waals surface area contributed by atoms with Gasteiger partial charge in [0, 0.05) is 12.7 Å². The molecule has 0 spiro atoms. The Labute approximate surface area is 111 Å². The molecule has 1 N–H and O–H groups in total. The third kappa shape index (κ3) is 2.18. The van der Waals surface area contributed by atoms with Gasteiger partial charge in [0.1, 0.15) is 4.60 Å². The number of fused-ring (bicyclic) bond motifs is 1. The first-order valence-electron chi connectivity index (χ1n) is 6.28. The number of aromatic nitrogens is 1. The van der Waals surface area contributed by atoms with Gasteiger partial charge in [0.15, 0.2) is 0 Å². The molecule has 2 atom stereocenters. The summed E-state index contributed by atoms with van der Waals surface area (Å²) in [6, 6.07) is 2.24. The molecule has 0 aromatic carbocycles. The van der Waals surface area contributed by atoms with E-state index in [0.717, 1.165) is 23.0 Å². The molecule has 2 nitrogen and oxygen atoms in total. The van der Waals surface area contributed by atoms with Gasteiger partial charge in [-0.15, -0.1) is 0 Å². The van der Waals surface area contributed by atoms with Crippen molar-refractivity contribution in [3.05, 3.63) is 34.1 Å². The number of halogens is 1. The minimum Gasteiger partial charge on any atom is -0.316 e. The number of nitrogens with one attached hydrogen (secondary N) is 1. The molecule has 1 aromatic heterocycles. The van der Waals surface area contributed by atoms with E-state index in [-0.39, 0.29) is 0 Å². The highest BCUT2D eigenvalue weighted by Gasteiger charge is 2.29. The molecule has 1 aliphatic carbocycles. The van der Waals surface area contributed by atoms with Gasteiger partial charge in [0.25, 0.3) is 0 Å². The Balaban J connectivity index is 1.91. The average molecular weight is 293 g/mol. The Kier molecular flexibility index (Phi) is 3.05. The van der Waals surface area contributed by atoms with E-state index in [1.165, 1.54) is 36.1 Å². The first-order chi connectivity index (χ1) is 8.24. The maximum absolute atomic E-state index is 4.40. The van der Waals surface area contributed by atoms with Gasteiger partial charge in [-0.2, -0.15) is 0 Å². The molecule has 0 radical (unpaired) electrons. The lowest BCUT2D eigenvalue weighted by Crippen LogP contribution is -2.15. The van der Waals surface area contributed by atoms with Gasteiger partial charge in [0.2, 0.25) is 0 Å². The van der Waals surface area contributed by atoms with E-state index in [1.54, 1.807) is 0 Å². The van der Waals surface area contributed by atoms with Crippen LogP contribution in [0.5, 0.6) is 0 Å². The number of hydrogen-bond acceptors (Lipinski definition) is 2. The fourth-order valence-electron chi connectivity index (χ4n) is 2.92. The standard InChI is InChI=1S/C14H17BrN2/c1-9-4-12(8-17-14(9)15)10-2-3-11-6-16-7-13(11)5-10/h4-5,8,11,13,16H,2-3,6-7H2,1H3. The quantitative estimate of drug-likeness (QED) is 0.805. The van der Waals surface area contributed by atoms with Crippen LogP contribution in [0.4, 0.5) is 0 Å². The second kappa shape index (κ2) is 4.54. The van der Waals surface area contributed by atoms with E-state index < -0.39 is 0 Å². The third-order valence-corrected chi connectivity index (χ3v) is 4.81. The van der Waals surface area contributed by atoms with Crippen molar-refractivity contribution in [3.8, 4) is 0 Å². The van der Waals surface area contributed by atoms with Crippen LogP contribution in [0.25, 0.3) is 5.57 Å². The minimum atomic E-state index is 0.739. The molecule has 2 unspecified atom stereocenters. The van der Waals surface area contributed by atoms with Crippen LogP contribution in [0, 0.1) is 18.8 Å². The molecule has 0 saturated carbocycles. The topological polar surface area (TPSA) is 24.9 Å². The number of allylic oxidation sites excluding steroid dienone is 1. The molecule has 0 amide bonds. The van der Waals surface area contributed by atoms with Crippen LogP contribution >= 0.6 is 15.9 Å². The smallest absolute Gasteiger partial charge is 0.109 e. The Morgan fingerprint density at radius 1 is 1.41 bits per heavy atom. The lowest BCUT2D eigenvalue weighted by molar-refractivity contribution is 0.448. The third-order valence-electron chi connectivity index (χ3n) is 3.98. The Morgan fingerprint density at radius 3 is 3.12 bits per heavy atom. The molecule has 1 fully saturated rings. The largest absolute Gasteiger partial charge is 0.316 e. The molecular weight excluding hydrogens is 276 g/mol. The van der Waals surface area contributed by atoms with Gasteiger partial charge < -0.3 is 5.32 Å². The molecule has 2 aliphatic rings. The van der Waals surface area contributed by atoms with Gasteiger partial charge in [-0.3, -0.25) is 0 Å². The fourth-order valence-corrected chi connectivity index (χ4v) is 3.14. The predicted octanol–water partition coefficient (Wildman–Crippen LogP) is 3.17. The second-order valence-electron chi connectivity index (χ2n) is 5.14. The molecule has 3 rings (SSSR count). The van der Waals surface area contributed by atoms with Gasteiger partial charge in [-0.05, 0) is 76.8 Å². The zero-order valence-electron chi connectivity index (χ0n) is 10.0. The van der Waals surface area contributed by atoms with Gasteiger partial charge in [0.05, 0.1) is 0 Å². The van der Waals surface area contributed by atoms with Crippen LogP contribution in [-0.4, -0.2) is 18.1 Å². The Morgan fingerprint density at radius 2 is 2.29 bits per heavy atom. The lowest BCUT2D eigenvalue weighted by Gasteiger charge is -2.23. The van der Waals surface area contributed by atoms with Crippen LogP contribution in [0.15, 0.2) is 22.9 Å². The van der Waals surface area contributed by atoms with E-state index in [2.05, 4.69) is 45.3 Å². The summed E-state index contributed by atoms with van der Waals surface area (Å²) in [5.41, 5.74) is 4.00. The van der Waals surface area contributed by atoms with Gasteiger partial charge >= 0.3 is 0 Å². The number of nitrogens with zero attached hydrogens (tertiary/aromatic N) is 1. The maximum atomic E-state index is 4.40. The molecule has 1 aromatic rings. The van der Waals surface area contributed by atoms with Crippen molar-refractivity contribution in [2.24, 2.45) is 11.8 Å². The van der Waals surface area contributed by atoms with Crippen molar-refractivity contribution in [1.29, 1.82) is 0 Å². The van der Waals surface area contributed by atoms with E-state index in [0.29, 0.717) is 0 Å². The van der Waals surface area contributed by atoms with E-state index in [1.807, 2.05) is 6.20 Å². The zero-order chi connectivity index (χ0) is 11.8. The summed E-state index contributed by atoms with van der Waals surface area (Å²) in [5, 5.41) is 3.49. The predicted molar refractivity (Wildman–Crippen MR) is 73.7 cm³/mol. The summed E-state index contributed by atoms with van der Waals surface area (Å²) in [7, 11) is 0. The summed E-state index contributed by atoms with van der Waals surface area (Å²) in [6.45, 7) is 4.45. The lowest BCUT2D eigenvalue weighted by atomic mass is 9.81. The van der Waals surface area contributed by atoms with Crippen molar-refractivity contribution in [2.45, 2.75) is 19.8 Å². The summed E-state index contributed by atoms with van der Waals surface area (Å²) in [6.07, 6.45) is 6.98. The maximum Gasteiger partial charge on any atom is 0.109 e. The van der Waals surface area contributed by atoms with Crippen LogP contribution in [0.2, 0.25) is 0 Å². The normalized spacial score (nSPS) is 27.8. The average Bonchev–Trinajstić information content (AvgIpc) is 2.79. The minimum absolute atomic E-state index is 0.739. The SMILES string of the molecule is Cc1cc(C2=CC3CNCC3CC2)cnc1Br. The van der Waals surface area contributed by atoms with E-state index in [9.17, 15) is 0 Å². The highest BCUT2D eigenvalue weighted by Crippen LogP contribution is 2.35. The molecular formula is C14H17BrN2. The first-order valence-corrected chi connectivity index (χ1v) is 7.07. The molecule has 90 valence electrons. The second-order valence-corrected chi connectivity index (χ2v) is 5.90. The van der Waals surface area contributed by atoms with Crippen molar-refractivity contribution in [2.75, 3.05) is 13.1 Å². The van der Waals surface area contributed by atoms with Gasteiger partial charge in [-0.25, -0.2) is 4.98 Å². The highest BCUT2D eigenvalue weighted by atomic mass is 79.9. The highest BCUT2D eigenvalue weighted by molar-refractivity contribution is 9.10. The van der Waals surface area contributed by atoms with Crippen LogP contribution in [0.3, 0.4) is 0 Å². The van der Waals surface area contributed by atoms with E-state index in [4.69, 9.17) is 0 Å². The molecule has 2 heterocycles. The summed E-state index contributed by atoms with van der Waals surface area (Å²) >= 11 is 3.46. The monoisotopic (exact) mass is 292 g/mol. The van der Waals surface area contributed by atoms with Crippen molar-refractivity contribution < 1.29 is 0 Å². The number of rotatable bonds is 1. The van der Waals surface area contributed by atoms with Gasteiger partial charge in [-0.1, -0.05) is 6.08 Å². The Hall–Kier alpha value is -0.670. The molecule has 17 heavy (non-hydrogen) atoms. The van der Waals surface area contributed by atoms with Crippen LogP contribution in [-0.2, 0) is 0 Å². The molecule has 0 bridgehead atoms. The molecule has 1 aliphatic heterocycles. The fraction of sp³-hybridized carbons (Fsp3) is 0.500. The molecule has 1 saturated heterocycles. The molecule has 3 heteroatoms. The zero-order valence-corrected chi connectivity index (χ0v) is 11.6. The number of aryl methyl sites for hydroxylation is 1. The van der Waals surface area contributed by atoms with Crippen molar-refractivity contribution in [1.82, 2.24) is 10.3 Å².